The quantitative estimate of drug-likeness (QED) is 0.518. The molecule has 1 aromatic carbocycles. The van der Waals surface area contributed by atoms with Gasteiger partial charge in [0.15, 0.2) is 0 Å². The minimum atomic E-state index is -1.82. The van der Waals surface area contributed by atoms with Gasteiger partial charge in [0.1, 0.15) is 23.4 Å². The second-order valence-electron chi connectivity index (χ2n) is 9.26. The Labute approximate surface area is 187 Å². The molecule has 3 rings (SSSR count). The fraction of sp³-hybridized carbons (Fsp3) is 0.565. The summed E-state index contributed by atoms with van der Waals surface area (Å²) in [5.41, 5.74) is -3.36. The van der Waals surface area contributed by atoms with E-state index in [1.165, 1.54) is 4.90 Å². The van der Waals surface area contributed by atoms with Crippen LogP contribution in [0.3, 0.4) is 0 Å². The Hall–Kier alpha value is -3.12. The largest absolute Gasteiger partial charge is 0.450 e. The molecule has 2 heterocycles. The summed E-state index contributed by atoms with van der Waals surface area (Å²) >= 11 is 0. The maximum Gasteiger partial charge on any atom is 0.412 e. The third-order valence-electron chi connectivity index (χ3n) is 5.51. The summed E-state index contributed by atoms with van der Waals surface area (Å²) in [7, 11) is 0. The Balaban J connectivity index is 2.04. The van der Waals surface area contributed by atoms with Gasteiger partial charge in [-0.25, -0.2) is 9.59 Å². The molecule has 172 valence electrons. The van der Waals surface area contributed by atoms with Crippen LogP contribution >= 0.6 is 0 Å². The van der Waals surface area contributed by atoms with Crippen molar-refractivity contribution in [2.75, 3.05) is 13.2 Å². The first-order chi connectivity index (χ1) is 14.9. The van der Waals surface area contributed by atoms with E-state index in [2.05, 4.69) is 0 Å². The fourth-order valence-electron chi connectivity index (χ4n) is 4.17. The number of rotatable bonds is 4. The lowest BCUT2D eigenvalue weighted by atomic mass is 9.91. The molecule has 9 nitrogen and oxygen atoms in total. The standard InChI is InChI=1S/C23H29N3O6/c1-7-30-19(28)26-17(23(26,14-24)18(27)15-11-9-8-10-12-15)16-13-31-22(5,6)25(16)20(29)32-21(2,3)4/h8-12,16-17H,7,13H2,1-6H3/t16-,17-,23+,26?/m1/s1. The Morgan fingerprint density at radius 1 is 1.16 bits per heavy atom. The SMILES string of the molecule is CCOC(=O)N1[C@H]([C@H]2COC(C)(C)N2C(=O)OC(C)(C)C)[C@@]1(C#N)C(=O)c1ccccc1. The van der Waals surface area contributed by atoms with Crippen LogP contribution in [0.1, 0.15) is 51.9 Å². The first kappa shape index (κ1) is 23.5. The summed E-state index contributed by atoms with van der Waals surface area (Å²) in [6.07, 6.45) is -1.45. The number of ether oxygens (including phenoxy) is 3. The number of amides is 2. The normalized spacial score (nSPS) is 26.3. The number of nitriles is 1. The minimum absolute atomic E-state index is 0.0261. The average molecular weight is 444 g/mol. The van der Waals surface area contributed by atoms with Crippen molar-refractivity contribution in [3.8, 4) is 6.07 Å². The van der Waals surface area contributed by atoms with Gasteiger partial charge in [-0.2, -0.15) is 5.26 Å². The van der Waals surface area contributed by atoms with Crippen molar-refractivity contribution < 1.29 is 28.6 Å². The van der Waals surface area contributed by atoms with Crippen molar-refractivity contribution in [3.63, 3.8) is 0 Å². The number of carbonyl (C=O) groups is 3. The maximum atomic E-state index is 13.5. The molecule has 0 aromatic heterocycles. The summed E-state index contributed by atoms with van der Waals surface area (Å²) < 4.78 is 16.5. The molecule has 2 amide bonds. The molecule has 0 spiro atoms. The van der Waals surface area contributed by atoms with E-state index in [0.29, 0.717) is 0 Å². The second kappa shape index (κ2) is 8.10. The smallest absolute Gasteiger partial charge is 0.412 e. The molecule has 0 aliphatic carbocycles. The van der Waals surface area contributed by atoms with Crippen LogP contribution in [0.2, 0.25) is 0 Å². The van der Waals surface area contributed by atoms with Crippen LogP contribution in [0.15, 0.2) is 30.3 Å². The Morgan fingerprint density at radius 2 is 1.78 bits per heavy atom. The summed E-state index contributed by atoms with van der Waals surface area (Å²) in [6, 6.07) is 8.59. The monoisotopic (exact) mass is 443 g/mol. The Kier molecular flexibility index (Phi) is 5.96. The zero-order valence-electron chi connectivity index (χ0n) is 19.2. The summed E-state index contributed by atoms with van der Waals surface area (Å²) in [6.45, 7) is 10.4. The van der Waals surface area contributed by atoms with Crippen molar-refractivity contribution >= 4 is 18.0 Å². The van der Waals surface area contributed by atoms with Gasteiger partial charge in [0.2, 0.25) is 11.3 Å². The average Bonchev–Trinajstić information content (AvgIpc) is 3.29. The van der Waals surface area contributed by atoms with Gasteiger partial charge < -0.3 is 14.2 Å². The van der Waals surface area contributed by atoms with E-state index in [0.717, 1.165) is 4.90 Å². The van der Waals surface area contributed by atoms with Gasteiger partial charge in [0, 0.05) is 5.56 Å². The lowest BCUT2D eigenvalue weighted by Gasteiger charge is -2.35. The van der Waals surface area contributed by atoms with Gasteiger partial charge in [-0.1, -0.05) is 30.3 Å². The van der Waals surface area contributed by atoms with Crippen LogP contribution < -0.4 is 0 Å². The second-order valence-corrected chi connectivity index (χ2v) is 9.26. The van der Waals surface area contributed by atoms with Crippen LogP contribution in [-0.4, -0.2) is 69.9 Å². The van der Waals surface area contributed by atoms with Gasteiger partial charge in [0.25, 0.3) is 0 Å². The topological polar surface area (TPSA) is 109 Å². The molecule has 3 atom stereocenters. The van der Waals surface area contributed by atoms with Crippen molar-refractivity contribution in [1.82, 2.24) is 9.80 Å². The van der Waals surface area contributed by atoms with Crippen molar-refractivity contribution in [2.24, 2.45) is 0 Å². The molecule has 0 bridgehead atoms. The Morgan fingerprint density at radius 3 is 2.31 bits per heavy atom. The highest BCUT2D eigenvalue weighted by atomic mass is 16.6. The minimum Gasteiger partial charge on any atom is -0.450 e. The number of nitrogens with zero attached hydrogens (tertiary/aromatic N) is 3. The molecular weight excluding hydrogens is 414 g/mol. The van der Waals surface area contributed by atoms with E-state index >= 15 is 0 Å². The molecule has 0 unspecified atom stereocenters. The van der Waals surface area contributed by atoms with E-state index in [4.69, 9.17) is 14.2 Å². The van der Waals surface area contributed by atoms with Gasteiger partial charge in [0.05, 0.1) is 19.3 Å². The predicted octanol–water partition coefficient (Wildman–Crippen LogP) is 3.34. The third kappa shape index (κ3) is 3.91. The molecule has 0 radical (unpaired) electrons. The number of benzene rings is 1. The molecule has 9 heteroatoms. The number of hydrogen-bond acceptors (Lipinski definition) is 7. The third-order valence-corrected chi connectivity index (χ3v) is 5.51. The van der Waals surface area contributed by atoms with E-state index in [1.54, 1.807) is 71.9 Å². The molecule has 32 heavy (non-hydrogen) atoms. The van der Waals surface area contributed by atoms with Crippen LogP contribution in [-0.2, 0) is 14.2 Å². The van der Waals surface area contributed by atoms with E-state index in [-0.39, 0.29) is 18.8 Å². The van der Waals surface area contributed by atoms with E-state index in [1.807, 2.05) is 6.07 Å². The molecule has 2 saturated heterocycles. The first-order valence-electron chi connectivity index (χ1n) is 10.5. The van der Waals surface area contributed by atoms with Gasteiger partial charge >= 0.3 is 12.2 Å². The maximum absolute atomic E-state index is 13.5. The number of Topliss-reactive ketones (excluding diaryl/α,β-unsaturated/α-hetero) is 1. The van der Waals surface area contributed by atoms with Crippen molar-refractivity contribution in [2.45, 2.75) is 70.5 Å². The first-order valence-corrected chi connectivity index (χ1v) is 10.5. The van der Waals surface area contributed by atoms with Crippen molar-refractivity contribution in [1.29, 1.82) is 5.26 Å². The fourth-order valence-corrected chi connectivity index (χ4v) is 4.17. The molecule has 2 fully saturated rings. The van der Waals surface area contributed by atoms with Gasteiger partial charge in [-0.3, -0.25) is 14.6 Å². The zero-order valence-corrected chi connectivity index (χ0v) is 19.2. The molecule has 2 aliphatic rings. The van der Waals surface area contributed by atoms with Crippen LogP contribution in [0.25, 0.3) is 0 Å². The highest BCUT2D eigenvalue weighted by Gasteiger charge is 2.77. The zero-order chi connectivity index (χ0) is 23.9. The van der Waals surface area contributed by atoms with Gasteiger partial charge in [-0.05, 0) is 41.5 Å². The molecule has 0 saturated carbocycles. The summed E-state index contributed by atoms with van der Waals surface area (Å²) in [5.74, 6) is -0.535. The molecule has 1 aromatic rings. The van der Waals surface area contributed by atoms with Crippen molar-refractivity contribution in [3.05, 3.63) is 35.9 Å². The lowest BCUT2D eigenvalue weighted by molar-refractivity contribution is -0.0628. The number of hydrogen-bond donors (Lipinski definition) is 0. The Bertz CT molecular complexity index is 949. The van der Waals surface area contributed by atoms with Gasteiger partial charge in [-0.15, -0.1) is 0 Å². The highest BCUT2D eigenvalue weighted by molar-refractivity contribution is 6.11. The number of ketones is 1. The molecule has 2 aliphatic heterocycles. The van der Waals surface area contributed by atoms with Crippen LogP contribution in [0, 0.1) is 11.3 Å². The predicted molar refractivity (Wildman–Crippen MR) is 114 cm³/mol. The summed E-state index contributed by atoms with van der Waals surface area (Å²) in [4.78, 5) is 41.8. The number of carbonyl (C=O) groups excluding carboxylic acids is 3. The summed E-state index contributed by atoms with van der Waals surface area (Å²) in [5, 5.41) is 10.2. The van der Waals surface area contributed by atoms with E-state index < -0.39 is 46.9 Å². The van der Waals surface area contributed by atoms with Crippen LogP contribution in [0.5, 0.6) is 0 Å². The molecular formula is C23H29N3O6. The lowest BCUT2D eigenvalue weighted by Crippen LogP contribution is -2.52. The molecule has 0 N–H and O–H groups in total. The highest BCUT2D eigenvalue weighted by Crippen LogP contribution is 2.50. The van der Waals surface area contributed by atoms with Crippen LogP contribution in [0.4, 0.5) is 9.59 Å². The van der Waals surface area contributed by atoms with E-state index in [9.17, 15) is 19.6 Å².